The molecule has 3 rings (SSSR count). The topological polar surface area (TPSA) is 66.8 Å². The van der Waals surface area contributed by atoms with Crippen LogP contribution >= 0.6 is 23.2 Å². The van der Waals surface area contributed by atoms with Gasteiger partial charge in [-0.1, -0.05) is 29.3 Å². The summed E-state index contributed by atoms with van der Waals surface area (Å²) >= 11 is 11.9. The lowest BCUT2D eigenvalue weighted by Crippen LogP contribution is -2.40. The first kappa shape index (κ1) is 16.6. The van der Waals surface area contributed by atoms with Crippen molar-refractivity contribution in [3.63, 3.8) is 0 Å². The largest absolute Gasteiger partial charge is 0.479 e. The lowest BCUT2D eigenvalue weighted by molar-refractivity contribution is -0.155. The molecule has 1 amide bonds. The minimum atomic E-state index is -1.01. The van der Waals surface area contributed by atoms with E-state index >= 15 is 0 Å². The number of carboxylic acids is 1. The van der Waals surface area contributed by atoms with E-state index in [9.17, 15) is 9.59 Å². The van der Waals surface area contributed by atoms with Gasteiger partial charge in [-0.2, -0.15) is 0 Å². The maximum Gasteiger partial charge on any atom is 0.332 e. The molecule has 1 aromatic carbocycles. The molecule has 2 fully saturated rings. The van der Waals surface area contributed by atoms with Gasteiger partial charge in [0.25, 0.3) is 5.91 Å². The van der Waals surface area contributed by atoms with E-state index in [4.69, 9.17) is 33.0 Å². The minimum absolute atomic E-state index is 0.137. The fraction of sp³-hybridized carbons (Fsp3) is 0.500. The quantitative estimate of drug-likeness (QED) is 0.878. The lowest BCUT2D eigenvalue weighted by atomic mass is 10.1. The molecule has 1 aromatic rings. The van der Waals surface area contributed by atoms with Crippen LogP contribution in [0.3, 0.4) is 0 Å². The van der Waals surface area contributed by atoms with Gasteiger partial charge in [-0.3, -0.25) is 4.79 Å². The van der Waals surface area contributed by atoms with Crippen LogP contribution in [-0.2, 0) is 20.9 Å². The van der Waals surface area contributed by atoms with E-state index in [1.807, 2.05) is 6.07 Å². The summed E-state index contributed by atoms with van der Waals surface area (Å²) in [7, 11) is 0. The molecule has 0 bridgehead atoms. The van der Waals surface area contributed by atoms with Gasteiger partial charge in [0.05, 0.1) is 10.0 Å². The van der Waals surface area contributed by atoms with Gasteiger partial charge < -0.3 is 14.7 Å². The second kappa shape index (κ2) is 6.67. The van der Waals surface area contributed by atoms with Gasteiger partial charge in [-0.05, 0) is 43.4 Å². The zero-order chi connectivity index (χ0) is 16.6. The van der Waals surface area contributed by atoms with Crippen LogP contribution in [0.2, 0.25) is 10.0 Å². The van der Waals surface area contributed by atoms with Crippen molar-refractivity contribution >= 4 is 35.1 Å². The van der Waals surface area contributed by atoms with E-state index in [1.54, 1.807) is 17.0 Å². The van der Waals surface area contributed by atoms with Gasteiger partial charge in [0.15, 0.2) is 6.10 Å². The van der Waals surface area contributed by atoms with Crippen molar-refractivity contribution in [1.82, 2.24) is 4.90 Å². The van der Waals surface area contributed by atoms with Crippen LogP contribution in [-0.4, -0.2) is 40.1 Å². The summed E-state index contributed by atoms with van der Waals surface area (Å²) < 4.78 is 5.39. The summed E-state index contributed by atoms with van der Waals surface area (Å²) in [6.07, 6.45) is 1.19. The molecule has 0 radical (unpaired) electrons. The Kier molecular flexibility index (Phi) is 4.80. The monoisotopic (exact) mass is 357 g/mol. The van der Waals surface area contributed by atoms with Crippen LogP contribution < -0.4 is 0 Å². The van der Waals surface area contributed by atoms with Crippen molar-refractivity contribution in [2.45, 2.75) is 50.5 Å². The van der Waals surface area contributed by atoms with Crippen LogP contribution in [0.4, 0.5) is 0 Å². The molecule has 0 unspecified atom stereocenters. The van der Waals surface area contributed by atoms with Crippen molar-refractivity contribution in [2.24, 2.45) is 0 Å². The number of carbonyl (C=O) groups excluding carboxylic acids is 1. The fourth-order valence-electron chi connectivity index (χ4n) is 2.79. The number of carboxylic acid groups (broad SMARTS) is 1. The Morgan fingerprint density at radius 1 is 1.13 bits per heavy atom. The van der Waals surface area contributed by atoms with Gasteiger partial charge >= 0.3 is 5.97 Å². The Morgan fingerprint density at radius 2 is 1.83 bits per heavy atom. The number of rotatable bonds is 5. The third kappa shape index (κ3) is 3.79. The Balaban J connectivity index is 1.70. The highest BCUT2D eigenvalue weighted by atomic mass is 35.5. The average Bonchev–Trinajstić information content (AvgIpc) is 3.22. The Hall–Kier alpha value is -1.30. The molecule has 23 heavy (non-hydrogen) atoms. The number of hydrogen-bond donors (Lipinski definition) is 1. The van der Waals surface area contributed by atoms with Crippen molar-refractivity contribution in [3.8, 4) is 0 Å². The van der Waals surface area contributed by atoms with E-state index in [0.717, 1.165) is 18.4 Å². The van der Waals surface area contributed by atoms with Crippen LogP contribution in [0, 0.1) is 0 Å². The Bertz CT molecular complexity index is 633. The first-order chi connectivity index (χ1) is 11.0. The molecule has 7 heteroatoms. The number of nitrogens with zero attached hydrogens (tertiary/aromatic N) is 1. The summed E-state index contributed by atoms with van der Waals surface area (Å²) in [5.41, 5.74) is 0.896. The highest BCUT2D eigenvalue weighted by Crippen LogP contribution is 2.32. The van der Waals surface area contributed by atoms with Crippen LogP contribution in [0.5, 0.6) is 0 Å². The molecule has 1 aliphatic heterocycles. The van der Waals surface area contributed by atoms with Crippen molar-refractivity contribution in [3.05, 3.63) is 33.8 Å². The molecule has 2 atom stereocenters. The summed E-state index contributed by atoms with van der Waals surface area (Å²) in [5.74, 6) is -1.15. The summed E-state index contributed by atoms with van der Waals surface area (Å²) in [6, 6.07) is 5.50. The third-order valence-electron chi connectivity index (χ3n) is 4.18. The molecule has 0 spiro atoms. The number of hydrogen-bond acceptors (Lipinski definition) is 3. The van der Waals surface area contributed by atoms with Crippen molar-refractivity contribution < 1.29 is 19.4 Å². The van der Waals surface area contributed by atoms with Crippen molar-refractivity contribution in [2.75, 3.05) is 0 Å². The number of ether oxygens (including phenoxy) is 1. The van der Waals surface area contributed by atoms with Gasteiger partial charge in [-0.25, -0.2) is 4.79 Å². The first-order valence-corrected chi connectivity index (χ1v) is 8.34. The lowest BCUT2D eigenvalue weighted by Gasteiger charge is -2.25. The number of halogens is 2. The minimum Gasteiger partial charge on any atom is -0.479 e. The van der Waals surface area contributed by atoms with Gasteiger partial charge in [0.1, 0.15) is 6.10 Å². The molecule has 1 saturated carbocycles. The third-order valence-corrected chi connectivity index (χ3v) is 4.92. The van der Waals surface area contributed by atoms with E-state index in [-0.39, 0.29) is 11.9 Å². The van der Waals surface area contributed by atoms with Crippen LogP contribution in [0.15, 0.2) is 18.2 Å². The fourth-order valence-corrected chi connectivity index (χ4v) is 3.11. The smallest absolute Gasteiger partial charge is 0.332 e. The molecule has 1 aliphatic carbocycles. The maximum atomic E-state index is 12.7. The normalized spacial score (nSPS) is 23.7. The van der Waals surface area contributed by atoms with Crippen molar-refractivity contribution in [1.29, 1.82) is 0 Å². The molecule has 0 aromatic heterocycles. The SMILES string of the molecule is O=C(O)[C@H]1CC[C@@H](C(=O)N(Cc2ccc(Cl)c(Cl)c2)C2CC2)O1. The van der Waals surface area contributed by atoms with E-state index < -0.39 is 18.2 Å². The number of carbonyl (C=O) groups is 2. The number of benzene rings is 1. The summed E-state index contributed by atoms with van der Waals surface area (Å²) in [5, 5.41) is 9.92. The maximum absolute atomic E-state index is 12.7. The highest BCUT2D eigenvalue weighted by molar-refractivity contribution is 6.42. The second-order valence-electron chi connectivity index (χ2n) is 5.97. The molecule has 2 aliphatic rings. The first-order valence-electron chi connectivity index (χ1n) is 7.58. The number of aliphatic carboxylic acids is 1. The van der Waals surface area contributed by atoms with Gasteiger partial charge in [-0.15, -0.1) is 0 Å². The average molecular weight is 358 g/mol. The molecule has 5 nitrogen and oxygen atoms in total. The van der Waals surface area contributed by atoms with Gasteiger partial charge in [0.2, 0.25) is 0 Å². The van der Waals surface area contributed by atoms with Gasteiger partial charge in [0, 0.05) is 12.6 Å². The number of amides is 1. The summed E-state index contributed by atoms with van der Waals surface area (Å²) in [4.78, 5) is 25.4. The summed E-state index contributed by atoms with van der Waals surface area (Å²) in [6.45, 7) is 0.429. The molecule has 1 saturated heterocycles. The highest BCUT2D eigenvalue weighted by Gasteiger charge is 2.41. The molecular formula is C16H17Cl2NO4. The standard InChI is InChI=1S/C16H17Cl2NO4/c17-11-4-1-9(7-12(11)18)8-19(10-2-3-10)15(20)13-5-6-14(23-13)16(21)22/h1,4,7,10,13-14H,2-3,5-6,8H2,(H,21,22)/t13-,14+/m0/s1. The predicted octanol–water partition coefficient (Wildman–Crippen LogP) is 3.12. The zero-order valence-electron chi connectivity index (χ0n) is 12.4. The molecular weight excluding hydrogens is 341 g/mol. The predicted molar refractivity (Wildman–Crippen MR) is 85.6 cm³/mol. The Morgan fingerprint density at radius 3 is 2.39 bits per heavy atom. The molecule has 1 N–H and O–H groups in total. The molecule has 124 valence electrons. The zero-order valence-corrected chi connectivity index (χ0v) is 13.9. The second-order valence-corrected chi connectivity index (χ2v) is 6.79. The van der Waals surface area contributed by atoms with Crippen LogP contribution in [0.1, 0.15) is 31.2 Å². The Labute approximate surface area is 144 Å². The van der Waals surface area contributed by atoms with Crippen LogP contribution in [0.25, 0.3) is 0 Å². The van der Waals surface area contributed by atoms with E-state index in [0.29, 0.717) is 29.4 Å². The van der Waals surface area contributed by atoms with E-state index in [2.05, 4.69) is 0 Å². The molecule has 1 heterocycles. The van der Waals surface area contributed by atoms with E-state index in [1.165, 1.54) is 0 Å².